The van der Waals surface area contributed by atoms with Crippen molar-refractivity contribution in [1.82, 2.24) is 4.90 Å². The van der Waals surface area contributed by atoms with E-state index >= 15 is 0 Å². The Balaban J connectivity index is 2.16. The molecular formula is C16H23NO2. The van der Waals surface area contributed by atoms with Crippen molar-refractivity contribution in [1.29, 1.82) is 0 Å². The van der Waals surface area contributed by atoms with Crippen molar-refractivity contribution < 1.29 is 9.53 Å². The van der Waals surface area contributed by atoms with Crippen LogP contribution in [0.5, 0.6) is 5.75 Å². The third kappa shape index (κ3) is 3.35. The van der Waals surface area contributed by atoms with Gasteiger partial charge in [0.25, 0.3) is 0 Å². The van der Waals surface area contributed by atoms with Crippen LogP contribution in [-0.2, 0) is 6.54 Å². The number of nitrogens with zero attached hydrogens (tertiary/aromatic N) is 1. The Morgan fingerprint density at radius 1 is 1.37 bits per heavy atom. The summed E-state index contributed by atoms with van der Waals surface area (Å²) in [5.74, 6) is 0.974. The van der Waals surface area contributed by atoms with E-state index in [0.717, 1.165) is 23.4 Å². The molecule has 0 aromatic heterocycles. The number of hydrogen-bond acceptors (Lipinski definition) is 3. The van der Waals surface area contributed by atoms with Gasteiger partial charge in [-0.15, -0.1) is 0 Å². The molecular weight excluding hydrogens is 238 g/mol. The summed E-state index contributed by atoms with van der Waals surface area (Å²) in [6.45, 7) is 2.45. The Kier molecular flexibility index (Phi) is 4.59. The first-order valence-electron chi connectivity index (χ1n) is 7.00. The number of ketones is 1. The zero-order valence-corrected chi connectivity index (χ0v) is 12.1. The Morgan fingerprint density at radius 3 is 2.63 bits per heavy atom. The largest absolute Gasteiger partial charge is 0.496 e. The van der Waals surface area contributed by atoms with Gasteiger partial charge in [0.05, 0.1) is 7.11 Å². The van der Waals surface area contributed by atoms with Gasteiger partial charge >= 0.3 is 0 Å². The lowest BCUT2D eigenvalue weighted by Gasteiger charge is -2.25. The van der Waals surface area contributed by atoms with Crippen molar-refractivity contribution in [2.24, 2.45) is 0 Å². The van der Waals surface area contributed by atoms with E-state index in [9.17, 15) is 4.79 Å². The molecule has 0 N–H and O–H groups in total. The minimum atomic E-state index is 0.104. The second-order valence-electron chi connectivity index (χ2n) is 5.44. The first kappa shape index (κ1) is 14.1. The fourth-order valence-electron chi connectivity index (χ4n) is 2.86. The van der Waals surface area contributed by atoms with Gasteiger partial charge < -0.3 is 4.74 Å². The third-order valence-electron chi connectivity index (χ3n) is 4.05. The van der Waals surface area contributed by atoms with Gasteiger partial charge in [-0.1, -0.05) is 12.8 Å². The highest BCUT2D eigenvalue weighted by Gasteiger charge is 2.20. The topological polar surface area (TPSA) is 29.5 Å². The minimum Gasteiger partial charge on any atom is -0.496 e. The van der Waals surface area contributed by atoms with Crippen molar-refractivity contribution in [3.63, 3.8) is 0 Å². The van der Waals surface area contributed by atoms with E-state index in [-0.39, 0.29) is 5.78 Å². The van der Waals surface area contributed by atoms with Gasteiger partial charge in [-0.3, -0.25) is 9.69 Å². The highest BCUT2D eigenvalue weighted by Crippen LogP contribution is 2.27. The fraction of sp³-hybridized carbons (Fsp3) is 0.562. The maximum absolute atomic E-state index is 11.5. The van der Waals surface area contributed by atoms with E-state index in [2.05, 4.69) is 11.9 Å². The number of rotatable bonds is 5. The molecule has 0 spiro atoms. The highest BCUT2D eigenvalue weighted by molar-refractivity contribution is 5.94. The van der Waals surface area contributed by atoms with Crippen molar-refractivity contribution in [3.8, 4) is 5.75 Å². The molecule has 0 saturated heterocycles. The maximum Gasteiger partial charge on any atom is 0.159 e. The van der Waals surface area contributed by atoms with Crippen molar-refractivity contribution in [2.75, 3.05) is 14.2 Å². The lowest BCUT2D eigenvalue weighted by Crippen LogP contribution is -2.28. The minimum absolute atomic E-state index is 0.104. The van der Waals surface area contributed by atoms with Crippen molar-refractivity contribution >= 4 is 5.78 Å². The van der Waals surface area contributed by atoms with Gasteiger partial charge in [0, 0.05) is 23.7 Å². The van der Waals surface area contributed by atoms with E-state index in [4.69, 9.17) is 4.74 Å². The highest BCUT2D eigenvalue weighted by atomic mass is 16.5. The molecule has 1 aromatic rings. The van der Waals surface area contributed by atoms with Crippen LogP contribution in [0.25, 0.3) is 0 Å². The van der Waals surface area contributed by atoms with Gasteiger partial charge in [-0.05, 0) is 45.0 Å². The van der Waals surface area contributed by atoms with Crippen LogP contribution < -0.4 is 4.74 Å². The second-order valence-corrected chi connectivity index (χ2v) is 5.44. The second kappa shape index (κ2) is 6.20. The number of Topliss-reactive ketones (excluding diaryl/α,β-unsaturated/α-hetero) is 1. The molecule has 3 heteroatoms. The number of carbonyl (C=O) groups is 1. The molecule has 1 aromatic carbocycles. The van der Waals surface area contributed by atoms with E-state index in [1.54, 1.807) is 14.0 Å². The lowest BCUT2D eigenvalue weighted by atomic mass is 10.1. The molecule has 1 aliphatic rings. The lowest BCUT2D eigenvalue weighted by molar-refractivity contribution is 0.101. The summed E-state index contributed by atoms with van der Waals surface area (Å²) < 4.78 is 5.41. The molecule has 0 amide bonds. The average molecular weight is 261 g/mol. The molecule has 0 aliphatic heterocycles. The van der Waals surface area contributed by atoms with Crippen LogP contribution in [0.3, 0.4) is 0 Å². The molecule has 2 rings (SSSR count). The van der Waals surface area contributed by atoms with E-state index in [1.165, 1.54) is 25.7 Å². The quantitative estimate of drug-likeness (QED) is 0.762. The van der Waals surface area contributed by atoms with Crippen LogP contribution in [0.2, 0.25) is 0 Å². The van der Waals surface area contributed by atoms with Crippen molar-refractivity contribution in [3.05, 3.63) is 29.3 Å². The Bertz CT molecular complexity index is 450. The molecule has 1 saturated carbocycles. The number of ether oxygens (including phenoxy) is 1. The van der Waals surface area contributed by atoms with Gasteiger partial charge in [-0.25, -0.2) is 0 Å². The van der Waals surface area contributed by atoms with Crippen LogP contribution >= 0.6 is 0 Å². The van der Waals surface area contributed by atoms with Crippen molar-refractivity contribution in [2.45, 2.75) is 45.2 Å². The Morgan fingerprint density at radius 2 is 2.05 bits per heavy atom. The van der Waals surface area contributed by atoms with Crippen LogP contribution in [0.4, 0.5) is 0 Å². The van der Waals surface area contributed by atoms with Crippen LogP contribution in [0.1, 0.15) is 48.5 Å². The molecule has 0 bridgehead atoms. The molecule has 1 aliphatic carbocycles. The predicted octanol–water partition coefficient (Wildman–Crippen LogP) is 3.27. The zero-order valence-electron chi connectivity index (χ0n) is 12.1. The van der Waals surface area contributed by atoms with Gasteiger partial charge in [0.15, 0.2) is 5.78 Å². The summed E-state index contributed by atoms with van der Waals surface area (Å²) in [6.07, 6.45) is 5.23. The zero-order chi connectivity index (χ0) is 13.8. The molecule has 3 nitrogen and oxygen atoms in total. The Labute approximate surface area is 115 Å². The fourth-order valence-corrected chi connectivity index (χ4v) is 2.86. The average Bonchev–Trinajstić information content (AvgIpc) is 2.92. The SMILES string of the molecule is COc1ccc(C(C)=O)cc1CN(C)C1CCCC1. The standard InChI is InChI=1S/C16H23NO2/c1-12(18)13-8-9-16(19-3)14(10-13)11-17(2)15-6-4-5-7-15/h8-10,15H,4-7,11H2,1-3H3. The molecule has 104 valence electrons. The first-order valence-corrected chi connectivity index (χ1v) is 7.00. The van der Waals surface area contributed by atoms with Crippen LogP contribution in [0, 0.1) is 0 Å². The normalized spacial score (nSPS) is 16.0. The number of hydrogen-bond donors (Lipinski definition) is 0. The summed E-state index contributed by atoms with van der Waals surface area (Å²) in [5, 5.41) is 0. The maximum atomic E-state index is 11.5. The van der Waals surface area contributed by atoms with Gasteiger partial charge in [0.2, 0.25) is 0 Å². The summed E-state index contributed by atoms with van der Waals surface area (Å²) in [6, 6.07) is 6.37. The Hall–Kier alpha value is -1.35. The molecule has 0 heterocycles. The molecule has 0 atom stereocenters. The summed E-state index contributed by atoms with van der Waals surface area (Å²) >= 11 is 0. The molecule has 1 fully saturated rings. The molecule has 0 unspecified atom stereocenters. The summed E-state index contributed by atoms with van der Waals surface area (Å²) in [7, 11) is 3.84. The third-order valence-corrected chi connectivity index (χ3v) is 4.05. The van der Waals surface area contributed by atoms with Gasteiger partial charge in [0.1, 0.15) is 5.75 Å². The molecule has 0 radical (unpaired) electrons. The predicted molar refractivity (Wildman–Crippen MR) is 76.7 cm³/mol. The van der Waals surface area contributed by atoms with E-state index < -0.39 is 0 Å². The monoisotopic (exact) mass is 261 g/mol. The number of methoxy groups -OCH3 is 1. The van der Waals surface area contributed by atoms with E-state index in [0.29, 0.717) is 6.04 Å². The number of benzene rings is 1. The van der Waals surface area contributed by atoms with E-state index in [1.807, 2.05) is 18.2 Å². The number of carbonyl (C=O) groups excluding carboxylic acids is 1. The summed E-state index contributed by atoms with van der Waals surface area (Å²) in [5.41, 5.74) is 1.86. The first-order chi connectivity index (χ1) is 9.11. The van der Waals surface area contributed by atoms with Crippen LogP contribution in [0.15, 0.2) is 18.2 Å². The summed E-state index contributed by atoms with van der Waals surface area (Å²) in [4.78, 5) is 13.9. The smallest absolute Gasteiger partial charge is 0.159 e. The van der Waals surface area contributed by atoms with Gasteiger partial charge in [-0.2, -0.15) is 0 Å². The molecule has 19 heavy (non-hydrogen) atoms. The van der Waals surface area contributed by atoms with Crippen LogP contribution in [-0.4, -0.2) is 30.9 Å².